The summed E-state index contributed by atoms with van der Waals surface area (Å²) in [5, 5.41) is 10.4. The lowest BCUT2D eigenvalue weighted by atomic mass is 9.40. The van der Waals surface area contributed by atoms with Gasteiger partial charge in [0.2, 0.25) is 0 Å². The van der Waals surface area contributed by atoms with E-state index in [1.807, 2.05) is 6.92 Å². The van der Waals surface area contributed by atoms with E-state index in [0.29, 0.717) is 10.8 Å². The quantitative estimate of drug-likeness (QED) is 0.737. The van der Waals surface area contributed by atoms with Crippen molar-refractivity contribution in [3.8, 4) is 0 Å². The van der Waals surface area contributed by atoms with Crippen LogP contribution in [0.5, 0.6) is 0 Å². The molecule has 4 aliphatic rings. The first kappa shape index (κ1) is 13.7. The van der Waals surface area contributed by atoms with Gasteiger partial charge in [-0.1, -0.05) is 26.0 Å². The molecule has 1 nitrogen and oxygen atoms in total. The smallest absolute Gasteiger partial charge is 0.0750 e. The second kappa shape index (κ2) is 4.35. The highest BCUT2D eigenvalue weighted by Crippen LogP contribution is 2.68. The van der Waals surface area contributed by atoms with E-state index < -0.39 is 0 Å². The maximum absolute atomic E-state index is 10.4. The van der Waals surface area contributed by atoms with Crippen molar-refractivity contribution in [2.24, 2.45) is 28.6 Å². The SMILES string of the molecule is C=C(C)C(O)CC1(CC)C2CC3CC1CC(C)(C3)C2. The van der Waals surface area contributed by atoms with Crippen LogP contribution in [0.1, 0.15) is 65.7 Å². The molecular formula is C18H30O. The van der Waals surface area contributed by atoms with Gasteiger partial charge in [-0.3, -0.25) is 0 Å². The number of aliphatic hydroxyl groups excluding tert-OH is 1. The standard InChI is InChI=1S/C18H30O/c1-5-18(11-16(19)12(2)3)14-6-13-7-15(18)10-17(4,8-13)9-14/h13-16,19H,2,5-11H2,1,3-4H3. The highest BCUT2D eigenvalue weighted by Gasteiger charge is 2.59. The lowest BCUT2D eigenvalue weighted by Crippen LogP contribution is -2.57. The summed E-state index contributed by atoms with van der Waals surface area (Å²) in [6, 6.07) is 0. The van der Waals surface area contributed by atoms with Gasteiger partial charge >= 0.3 is 0 Å². The molecule has 0 spiro atoms. The summed E-state index contributed by atoms with van der Waals surface area (Å²) in [5.41, 5.74) is 1.99. The van der Waals surface area contributed by atoms with E-state index in [0.717, 1.165) is 29.7 Å². The van der Waals surface area contributed by atoms with E-state index in [2.05, 4.69) is 20.4 Å². The molecule has 4 rings (SSSR count). The monoisotopic (exact) mass is 262 g/mol. The van der Waals surface area contributed by atoms with E-state index in [9.17, 15) is 5.11 Å². The van der Waals surface area contributed by atoms with Crippen molar-refractivity contribution in [1.82, 2.24) is 0 Å². The zero-order valence-electron chi connectivity index (χ0n) is 12.9. The molecule has 1 heteroatoms. The van der Waals surface area contributed by atoms with Crippen molar-refractivity contribution in [3.05, 3.63) is 12.2 Å². The minimum atomic E-state index is -0.287. The van der Waals surface area contributed by atoms with Crippen molar-refractivity contribution >= 4 is 0 Å². The Labute approximate surface area is 118 Å². The van der Waals surface area contributed by atoms with Gasteiger partial charge in [0.1, 0.15) is 0 Å². The van der Waals surface area contributed by atoms with Crippen molar-refractivity contribution in [2.75, 3.05) is 0 Å². The number of hydrogen-bond acceptors (Lipinski definition) is 1. The van der Waals surface area contributed by atoms with Crippen LogP contribution in [0, 0.1) is 28.6 Å². The Balaban J connectivity index is 1.88. The molecule has 0 aromatic carbocycles. The van der Waals surface area contributed by atoms with Crippen molar-refractivity contribution < 1.29 is 5.11 Å². The lowest BCUT2D eigenvalue weighted by Gasteiger charge is -2.65. The fourth-order valence-corrected chi connectivity index (χ4v) is 6.17. The third kappa shape index (κ3) is 2.00. The van der Waals surface area contributed by atoms with Crippen LogP contribution in [-0.2, 0) is 0 Å². The number of rotatable bonds is 4. The van der Waals surface area contributed by atoms with Crippen molar-refractivity contribution in [1.29, 1.82) is 0 Å². The third-order valence-electron chi connectivity index (χ3n) is 6.92. The summed E-state index contributed by atoms with van der Waals surface area (Å²) in [7, 11) is 0. The molecule has 0 radical (unpaired) electrons. The molecule has 0 saturated heterocycles. The summed E-state index contributed by atoms with van der Waals surface area (Å²) in [6.45, 7) is 10.8. The molecule has 108 valence electrons. The van der Waals surface area contributed by atoms with E-state index in [1.54, 1.807) is 0 Å². The molecule has 0 heterocycles. The van der Waals surface area contributed by atoms with Gasteiger partial charge in [0.15, 0.2) is 0 Å². The van der Waals surface area contributed by atoms with Gasteiger partial charge < -0.3 is 5.11 Å². The molecule has 3 atom stereocenters. The molecule has 4 aliphatic carbocycles. The molecule has 4 saturated carbocycles. The molecule has 0 aliphatic heterocycles. The average Bonchev–Trinajstić information content (AvgIpc) is 2.31. The second-order valence-electron chi connectivity index (χ2n) is 8.31. The molecular weight excluding hydrogens is 232 g/mol. The van der Waals surface area contributed by atoms with Crippen LogP contribution in [0.25, 0.3) is 0 Å². The number of aliphatic hydroxyl groups is 1. The first-order chi connectivity index (χ1) is 8.88. The Morgan fingerprint density at radius 3 is 2.26 bits per heavy atom. The maximum Gasteiger partial charge on any atom is 0.0750 e. The summed E-state index contributed by atoms with van der Waals surface area (Å²) in [6.07, 6.45) is 9.10. The lowest BCUT2D eigenvalue weighted by molar-refractivity contribution is -0.159. The summed E-state index contributed by atoms with van der Waals surface area (Å²) < 4.78 is 0. The maximum atomic E-state index is 10.4. The molecule has 4 fully saturated rings. The predicted octanol–water partition coefficient (Wildman–Crippen LogP) is 4.56. The molecule has 1 N–H and O–H groups in total. The Hall–Kier alpha value is -0.300. The van der Waals surface area contributed by atoms with E-state index in [4.69, 9.17) is 0 Å². The average molecular weight is 262 g/mol. The molecule has 0 aromatic rings. The largest absolute Gasteiger partial charge is 0.389 e. The summed E-state index contributed by atoms with van der Waals surface area (Å²) in [5.74, 6) is 2.72. The van der Waals surface area contributed by atoms with E-state index >= 15 is 0 Å². The first-order valence-electron chi connectivity index (χ1n) is 8.22. The van der Waals surface area contributed by atoms with Crippen LogP contribution in [0.2, 0.25) is 0 Å². The van der Waals surface area contributed by atoms with Gasteiger partial charge in [0.05, 0.1) is 6.10 Å². The summed E-state index contributed by atoms with van der Waals surface area (Å²) in [4.78, 5) is 0. The van der Waals surface area contributed by atoms with Crippen LogP contribution in [0.15, 0.2) is 12.2 Å². The predicted molar refractivity (Wildman–Crippen MR) is 79.8 cm³/mol. The van der Waals surface area contributed by atoms with Crippen LogP contribution in [-0.4, -0.2) is 11.2 Å². The zero-order chi connectivity index (χ0) is 13.8. The Kier molecular flexibility index (Phi) is 3.13. The minimum Gasteiger partial charge on any atom is -0.389 e. The third-order valence-corrected chi connectivity index (χ3v) is 6.92. The second-order valence-corrected chi connectivity index (χ2v) is 8.31. The van der Waals surface area contributed by atoms with Gasteiger partial charge in [-0.25, -0.2) is 0 Å². The van der Waals surface area contributed by atoms with Crippen LogP contribution >= 0.6 is 0 Å². The highest BCUT2D eigenvalue weighted by atomic mass is 16.3. The topological polar surface area (TPSA) is 20.2 Å². The molecule has 0 amide bonds. The minimum absolute atomic E-state index is 0.287. The van der Waals surface area contributed by atoms with Crippen LogP contribution in [0.4, 0.5) is 0 Å². The van der Waals surface area contributed by atoms with Gasteiger partial charge in [-0.2, -0.15) is 0 Å². The van der Waals surface area contributed by atoms with Gasteiger partial charge in [0.25, 0.3) is 0 Å². The first-order valence-corrected chi connectivity index (χ1v) is 8.22. The molecule has 4 bridgehead atoms. The van der Waals surface area contributed by atoms with Crippen LogP contribution < -0.4 is 0 Å². The summed E-state index contributed by atoms with van der Waals surface area (Å²) >= 11 is 0. The highest BCUT2D eigenvalue weighted by molar-refractivity contribution is 5.11. The van der Waals surface area contributed by atoms with Gasteiger partial charge in [-0.15, -0.1) is 0 Å². The molecule has 19 heavy (non-hydrogen) atoms. The van der Waals surface area contributed by atoms with Crippen molar-refractivity contribution in [2.45, 2.75) is 71.8 Å². The Morgan fingerprint density at radius 2 is 1.84 bits per heavy atom. The van der Waals surface area contributed by atoms with Gasteiger partial charge in [0, 0.05) is 0 Å². The van der Waals surface area contributed by atoms with Crippen LogP contribution in [0.3, 0.4) is 0 Å². The van der Waals surface area contributed by atoms with Gasteiger partial charge in [-0.05, 0) is 80.5 Å². The van der Waals surface area contributed by atoms with E-state index in [1.165, 1.54) is 38.5 Å². The van der Waals surface area contributed by atoms with E-state index in [-0.39, 0.29) is 6.10 Å². The Morgan fingerprint density at radius 1 is 1.26 bits per heavy atom. The molecule has 3 unspecified atom stereocenters. The zero-order valence-corrected chi connectivity index (χ0v) is 12.9. The normalized spacial score (nSPS) is 49.4. The fourth-order valence-electron chi connectivity index (χ4n) is 6.17. The Bertz CT molecular complexity index is 367. The molecule has 0 aromatic heterocycles. The number of hydrogen-bond donors (Lipinski definition) is 1. The van der Waals surface area contributed by atoms with Crippen molar-refractivity contribution in [3.63, 3.8) is 0 Å². The fraction of sp³-hybridized carbons (Fsp3) is 0.889.